The topological polar surface area (TPSA) is 126 Å². The Bertz CT molecular complexity index is 910. The first kappa shape index (κ1) is 18.9. The third-order valence-electron chi connectivity index (χ3n) is 3.78. The van der Waals surface area contributed by atoms with Gasteiger partial charge in [-0.1, -0.05) is 24.3 Å². The summed E-state index contributed by atoms with van der Waals surface area (Å²) >= 11 is 0. The van der Waals surface area contributed by atoms with E-state index in [-0.39, 0.29) is 18.7 Å². The standard InChI is InChI=1S/C19H17N3O6/c23-17(22-21-9-12-5-7-13(8-6-12)19(25)26)10-20-18(24)16-11-27-14-3-1-2-4-15(14)28-16/h1-9,16H,10-11H2,(H,20,24)(H,22,23)(H,25,26)/b21-9-/t16-/m0/s1. The monoisotopic (exact) mass is 383 g/mol. The number of hydrogen-bond donors (Lipinski definition) is 3. The van der Waals surface area contributed by atoms with E-state index in [1.54, 1.807) is 36.4 Å². The van der Waals surface area contributed by atoms with Crippen molar-refractivity contribution in [3.05, 3.63) is 59.7 Å². The maximum atomic E-state index is 12.1. The second kappa shape index (κ2) is 8.67. The molecule has 1 aliphatic heterocycles. The van der Waals surface area contributed by atoms with Gasteiger partial charge in [0, 0.05) is 0 Å². The molecule has 144 valence electrons. The molecule has 2 aromatic rings. The molecule has 1 aliphatic rings. The first-order chi connectivity index (χ1) is 13.5. The van der Waals surface area contributed by atoms with Crippen LogP contribution in [0, 0.1) is 0 Å². The molecule has 9 nitrogen and oxygen atoms in total. The Morgan fingerprint density at radius 2 is 1.82 bits per heavy atom. The fourth-order valence-electron chi connectivity index (χ4n) is 2.36. The second-order valence-electron chi connectivity index (χ2n) is 5.80. The van der Waals surface area contributed by atoms with Gasteiger partial charge in [0.05, 0.1) is 18.3 Å². The molecule has 9 heteroatoms. The van der Waals surface area contributed by atoms with E-state index < -0.39 is 23.9 Å². The van der Waals surface area contributed by atoms with Crippen molar-refractivity contribution in [2.45, 2.75) is 6.10 Å². The summed E-state index contributed by atoms with van der Waals surface area (Å²) in [4.78, 5) is 34.7. The van der Waals surface area contributed by atoms with Crippen molar-refractivity contribution >= 4 is 24.0 Å². The first-order valence-electron chi connectivity index (χ1n) is 8.34. The molecule has 1 heterocycles. The van der Waals surface area contributed by atoms with Crippen LogP contribution in [-0.2, 0) is 9.59 Å². The Balaban J connectivity index is 1.43. The molecule has 0 saturated heterocycles. The number of carbonyl (C=O) groups excluding carboxylic acids is 2. The van der Waals surface area contributed by atoms with Crippen LogP contribution in [0.15, 0.2) is 53.6 Å². The van der Waals surface area contributed by atoms with Crippen LogP contribution in [0.1, 0.15) is 15.9 Å². The molecule has 2 amide bonds. The van der Waals surface area contributed by atoms with Gasteiger partial charge in [0.2, 0.25) is 6.10 Å². The number of para-hydroxylation sites is 2. The number of carboxylic acid groups (broad SMARTS) is 1. The van der Waals surface area contributed by atoms with Crippen molar-refractivity contribution in [3.8, 4) is 11.5 Å². The van der Waals surface area contributed by atoms with Crippen LogP contribution in [0.25, 0.3) is 0 Å². The van der Waals surface area contributed by atoms with Crippen molar-refractivity contribution in [2.24, 2.45) is 5.10 Å². The average molecular weight is 383 g/mol. The highest BCUT2D eigenvalue weighted by atomic mass is 16.6. The zero-order valence-electron chi connectivity index (χ0n) is 14.6. The number of ether oxygens (including phenoxy) is 2. The van der Waals surface area contributed by atoms with E-state index in [1.807, 2.05) is 0 Å². The van der Waals surface area contributed by atoms with E-state index in [0.717, 1.165) is 0 Å². The van der Waals surface area contributed by atoms with Gasteiger partial charge < -0.3 is 19.9 Å². The van der Waals surface area contributed by atoms with Crippen LogP contribution in [0.3, 0.4) is 0 Å². The highest BCUT2D eigenvalue weighted by Gasteiger charge is 2.27. The zero-order chi connectivity index (χ0) is 19.9. The molecular weight excluding hydrogens is 366 g/mol. The summed E-state index contributed by atoms with van der Waals surface area (Å²) in [5.74, 6) is -0.989. The maximum Gasteiger partial charge on any atom is 0.335 e. The Kier molecular flexibility index (Phi) is 5.85. The van der Waals surface area contributed by atoms with E-state index in [0.29, 0.717) is 17.1 Å². The van der Waals surface area contributed by atoms with Gasteiger partial charge >= 0.3 is 5.97 Å². The Morgan fingerprint density at radius 3 is 2.54 bits per heavy atom. The molecule has 0 aliphatic carbocycles. The van der Waals surface area contributed by atoms with E-state index >= 15 is 0 Å². The zero-order valence-corrected chi connectivity index (χ0v) is 14.6. The molecule has 0 radical (unpaired) electrons. The summed E-state index contributed by atoms with van der Waals surface area (Å²) in [7, 11) is 0. The molecule has 0 fully saturated rings. The Morgan fingerprint density at radius 1 is 1.11 bits per heavy atom. The highest BCUT2D eigenvalue weighted by Crippen LogP contribution is 2.30. The van der Waals surface area contributed by atoms with Gasteiger partial charge in [0.25, 0.3) is 11.8 Å². The lowest BCUT2D eigenvalue weighted by atomic mass is 10.1. The number of hydrazone groups is 1. The number of nitrogens with zero attached hydrogens (tertiary/aromatic N) is 1. The van der Waals surface area contributed by atoms with Crippen LogP contribution in [-0.4, -0.2) is 48.4 Å². The SMILES string of the molecule is O=C(CNC(=O)[C@@H]1COc2ccccc2O1)N/N=C\c1ccc(C(=O)O)cc1. The largest absolute Gasteiger partial charge is 0.485 e. The lowest BCUT2D eigenvalue weighted by molar-refractivity contribution is -0.132. The highest BCUT2D eigenvalue weighted by molar-refractivity contribution is 5.90. The predicted molar refractivity (Wildman–Crippen MR) is 98.5 cm³/mol. The van der Waals surface area contributed by atoms with E-state index in [4.69, 9.17) is 14.6 Å². The number of benzene rings is 2. The van der Waals surface area contributed by atoms with Crippen molar-refractivity contribution in [1.29, 1.82) is 0 Å². The maximum absolute atomic E-state index is 12.1. The first-order valence-corrected chi connectivity index (χ1v) is 8.34. The summed E-state index contributed by atoms with van der Waals surface area (Å²) in [6.45, 7) is -0.232. The van der Waals surface area contributed by atoms with E-state index in [1.165, 1.54) is 18.3 Å². The minimum atomic E-state index is -1.02. The summed E-state index contributed by atoms with van der Waals surface area (Å²) in [5.41, 5.74) is 3.03. The molecule has 0 saturated carbocycles. The molecule has 28 heavy (non-hydrogen) atoms. The molecule has 0 spiro atoms. The number of rotatable bonds is 6. The molecular formula is C19H17N3O6. The van der Waals surface area contributed by atoms with Gasteiger partial charge in [-0.05, 0) is 29.8 Å². The molecule has 0 bridgehead atoms. The summed E-state index contributed by atoms with van der Waals surface area (Å²) < 4.78 is 11.0. The minimum Gasteiger partial charge on any atom is -0.485 e. The van der Waals surface area contributed by atoms with Gasteiger partial charge in [0.1, 0.15) is 6.61 Å². The van der Waals surface area contributed by atoms with Gasteiger partial charge in [-0.2, -0.15) is 5.10 Å². The van der Waals surface area contributed by atoms with Gasteiger partial charge in [-0.15, -0.1) is 0 Å². The Hall–Kier alpha value is -3.88. The molecule has 3 rings (SSSR count). The number of carbonyl (C=O) groups is 3. The normalized spacial score (nSPS) is 15.1. The van der Waals surface area contributed by atoms with Crippen LogP contribution < -0.4 is 20.2 Å². The molecule has 1 atom stereocenters. The number of hydrogen-bond acceptors (Lipinski definition) is 6. The smallest absolute Gasteiger partial charge is 0.335 e. The Labute approximate surface area is 160 Å². The van der Waals surface area contributed by atoms with E-state index in [2.05, 4.69) is 15.8 Å². The summed E-state index contributed by atoms with van der Waals surface area (Å²) in [6.07, 6.45) is 0.513. The third kappa shape index (κ3) is 4.85. The molecule has 3 N–H and O–H groups in total. The lowest BCUT2D eigenvalue weighted by Crippen LogP contribution is -2.46. The number of nitrogens with one attached hydrogen (secondary N) is 2. The van der Waals surface area contributed by atoms with Gasteiger partial charge in [-0.3, -0.25) is 9.59 Å². The van der Waals surface area contributed by atoms with Gasteiger partial charge in [-0.25, -0.2) is 10.2 Å². The summed E-state index contributed by atoms with van der Waals surface area (Å²) in [6, 6.07) is 13.0. The fourth-order valence-corrected chi connectivity index (χ4v) is 2.36. The van der Waals surface area contributed by atoms with Crippen molar-refractivity contribution < 1.29 is 29.0 Å². The molecule has 2 aromatic carbocycles. The van der Waals surface area contributed by atoms with E-state index in [9.17, 15) is 14.4 Å². The molecule has 0 aromatic heterocycles. The van der Waals surface area contributed by atoms with Crippen molar-refractivity contribution in [3.63, 3.8) is 0 Å². The van der Waals surface area contributed by atoms with Gasteiger partial charge in [0.15, 0.2) is 11.5 Å². The minimum absolute atomic E-state index is 0.0506. The van der Waals surface area contributed by atoms with Crippen LogP contribution in [0.5, 0.6) is 11.5 Å². The fraction of sp³-hybridized carbons (Fsp3) is 0.158. The quantitative estimate of drug-likeness (QED) is 0.500. The third-order valence-corrected chi connectivity index (χ3v) is 3.78. The predicted octanol–water partition coefficient (Wildman–Crippen LogP) is 0.791. The molecule has 0 unspecified atom stereocenters. The van der Waals surface area contributed by atoms with Crippen LogP contribution >= 0.6 is 0 Å². The average Bonchev–Trinajstić information content (AvgIpc) is 2.72. The van der Waals surface area contributed by atoms with Crippen LogP contribution in [0.2, 0.25) is 0 Å². The van der Waals surface area contributed by atoms with Crippen molar-refractivity contribution in [2.75, 3.05) is 13.2 Å². The van der Waals surface area contributed by atoms with Crippen molar-refractivity contribution in [1.82, 2.24) is 10.7 Å². The second-order valence-corrected chi connectivity index (χ2v) is 5.80. The number of carboxylic acids is 1. The lowest BCUT2D eigenvalue weighted by Gasteiger charge is -2.25. The number of amides is 2. The number of fused-ring (bicyclic) bond motifs is 1. The summed E-state index contributed by atoms with van der Waals surface area (Å²) in [5, 5.41) is 15.0. The number of aromatic carboxylic acids is 1. The van der Waals surface area contributed by atoms with Crippen LogP contribution in [0.4, 0.5) is 0 Å².